The molecule has 0 aromatic heterocycles. The van der Waals surface area contributed by atoms with Crippen LogP contribution < -0.4 is 10.6 Å². The molecule has 3 N–H and O–H groups in total. The van der Waals surface area contributed by atoms with E-state index >= 15 is 0 Å². The number of carbonyl (C=O) groups excluding carboxylic acids is 1. The Morgan fingerprint density at radius 1 is 1.61 bits per heavy atom. The molecular weight excluding hydrogens is 232 g/mol. The number of hydrogen-bond acceptors (Lipinski definition) is 4. The second-order valence-electron chi connectivity index (χ2n) is 5.43. The molecule has 1 amide bonds. The van der Waals surface area contributed by atoms with E-state index in [4.69, 9.17) is 4.74 Å². The third-order valence-electron chi connectivity index (χ3n) is 3.38. The monoisotopic (exact) mass is 258 g/mol. The number of methoxy groups -OCH3 is 1. The van der Waals surface area contributed by atoms with E-state index in [1.807, 2.05) is 0 Å². The van der Waals surface area contributed by atoms with Crippen molar-refractivity contribution in [3.8, 4) is 0 Å². The predicted molar refractivity (Wildman–Crippen MR) is 70.3 cm³/mol. The van der Waals surface area contributed by atoms with Gasteiger partial charge in [-0.3, -0.25) is 4.79 Å². The maximum atomic E-state index is 11.8. The fourth-order valence-corrected chi connectivity index (χ4v) is 2.13. The average Bonchev–Trinajstić information content (AvgIpc) is 2.36. The number of carbonyl (C=O) groups is 1. The Kier molecular flexibility index (Phi) is 6.60. The van der Waals surface area contributed by atoms with E-state index in [2.05, 4.69) is 10.6 Å². The Hall–Kier alpha value is -0.650. The number of amides is 1. The molecule has 1 fully saturated rings. The molecule has 0 radical (unpaired) electrons. The molecule has 1 aliphatic rings. The number of nitrogens with one attached hydrogen (secondary N) is 2. The summed E-state index contributed by atoms with van der Waals surface area (Å²) in [4.78, 5) is 11.8. The molecule has 0 aromatic carbocycles. The van der Waals surface area contributed by atoms with Crippen LogP contribution in [0.2, 0.25) is 0 Å². The first-order valence-electron chi connectivity index (χ1n) is 6.72. The number of rotatable bonds is 7. The van der Waals surface area contributed by atoms with Crippen molar-refractivity contribution >= 4 is 5.91 Å². The molecule has 2 unspecified atom stereocenters. The quantitative estimate of drug-likeness (QED) is 0.613. The van der Waals surface area contributed by atoms with Crippen LogP contribution >= 0.6 is 0 Å². The van der Waals surface area contributed by atoms with Crippen molar-refractivity contribution in [3.63, 3.8) is 0 Å². The predicted octanol–water partition coefficient (Wildman–Crippen LogP) is 0.280. The lowest BCUT2D eigenvalue weighted by Gasteiger charge is -2.25. The van der Waals surface area contributed by atoms with Crippen molar-refractivity contribution in [2.45, 2.75) is 38.2 Å². The van der Waals surface area contributed by atoms with Crippen LogP contribution in [0.25, 0.3) is 0 Å². The zero-order valence-electron chi connectivity index (χ0n) is 11.5. The number of ether oxygens (including phenoxy) is 1. The van der Waals surface area contributed by atoms with Crippen LogP contribution in [0.4, 0.5) is 0 Å². The Morgan fingerprint density at radius 3 is 3.00 bits per heavy atom. The van der Waals surface area contributed by atoms with Gasteiger partial charge in [-0.15, -0.1) is 0 Å². The molecule has 0 bridgehead atoms. The van der Waals surface area contributed by atoms with E-state index in [-0.39, 0.29) is 12.5 Å². The van der Waals surface area contributed by atoms with Crippen molar-refractivity contribution < 1.29 is 14.6 Å². The molecule has 0 spiro atoms. The fraction of sp³-hybridized carbons (Fsp3) is 0.923. The molecule has 106 valence electrons. The highest BCUT2D eigenvalue weighted by Gasteiger charge is 2.22. The SMILES string of the molecule is COCCC(C)(O)CNC(=O)CC1CCCNC1. The van der Waals surface area contributed by atoms with Crippen LogP contribution in [-0.2, 0) is 9.53 Å². The van der Waals surface area contributed by atoms with E-state index in [0.717, 1.165) is 25.9 Å². The lowest BCUT2D eigenvalue weighted by Crippen LogP contribution is -2.42. The summed E-state index contributed by atoms with van der Waals surface area (Å²) in [5, 5.41) is 16.1. The number of aliphatic hydroxyl groups is 1. The van der Waals surface area contributed by atoms with Crippen LogP contribution in [0, 0.1) is 5.92 Å². The van der Waals surface area contributed by atoms with Crippen LogP contribution in [0.15, 0.2) is 0 Å². The van der Waals surface area contributed by atoms with Crippen LogP contribution in [0.5, 0.6) is 0 Å². The zero-order valence-corrected chi connectivity index (χ0v) is 11.5. The van der Waals surface area contributed by atoms with Crippen LogP contribution in [0.1, 0.15) is 32.6 Å². The molecule has 1 rings (SSSR count). The minimum Gasteiger partial charge on any atom is -0.388 e. The molecule has 1 heterocycles. The Morgan fingerprint density at radius 2 is 2.39 bits per heavy atom. The maximum Gasteiger partial charge on any atom is 0.220 e. The molecule has 1 saturated heterocycles. The van der Waals surface area contributed by atoms with E-state index in [9.17, 15) is 9.90 Å². The smallest absolute Gasteiger partial charge is 0.220 e. The summed E-state index contributed by atoms with van der Waals surface area (Å²) in [5.41, 5.74) is -0.892. The molecule has 0 aromatic rings. The summed E-state index contributed by atoms with van der Waals surface area (Å²) in [6, 6.07) is 0. The van der Waals surface area contributed by atoms with Crippen molar-refractivity contribution in [3.05, 3.63) is 0 Å². The third kappa shape index (κ3) is 6.33. The molecular formula is C13H26N2O3. The number of piperidine rings is 1. The van der Waals surface area contributed by atoms with Gasteiger partial charge in [-0.1, -0.05) is 0 Å². The second-order valence-corrected chi connectivity index (χ2v) is 5.43. The second kappa shape index (κ2) is 7.71. The normalized spacial score (nSPS) is 23.4. The molecule has 1 aliphatic heterocycles. The van der Waals surface area contributed by atoms with Gasteiger partial charge in [-0.05, 0) is 38.8 Å². The third-order valence-corrected chi connectivity index (χ3v) is 3.38. The van der Waals surface area contributed by atoms with Crippen molar-refractivity contribution in [1.29, 1.82) is 0 Å². The summed E-state index contributed by atoms with van der Waals surface area (Å²) in [6.45, 7) is 4.48. The van der Waals surface area contributed by atoms with Crippen LogP contribution in [0.3, 0.4) is 0 Å². The van der Waals surface area contributed by atoms with Gasteiger partial charge in [0.15, 0.2) is 0 Å². The molecule has 5 heteroatoms. The van der Waals surface area contributed by atoms with Gasteiger partial charge >= 0.3 is 0 Å². The molecule has 5 nitrogen and oxygen atoms in total. The van der Waals surface area contributed by atoms with Gasteiger partial charge in [0.1, 0.15) is 0 Å². The highest BCUT2D eigenvalue weighted by Crippen LogP contribution is 2.14. The number of hydrogen-bond donors (Lipinski definition) is 3. The Labute approximate surface area is 109 Å². The van der Waals surface area contributed by atoms with E-state index in [1.54, 1.807) is 14.0 Å². The summed E-state index contributed by atoms with van der Waals surface area (Å²) in [6.07, 6.45) is 3.33. The van der Waals surface area contributed by atoms with Crippen molar-refractivity contribution in [2.24, 2.45) is 5.92 Å². The Bertz CT molecular complexity index is 251. The Balaban J connectivity index is 2.19. The minimum absolute atomic E-state index is 0.0291. The molecule has 2 atom stereocenters. The lowest BCUT2D eigenvalue weighted by molar-refractivity contribution is -0.123. The topological polar surface area (TPSA) is 70.6 Å². The van der Waals surface area contributed by atoms with Gasteiger partial charge in [0.25, 0.3) is 0 Å². The van der Waals surface area contributed by atoms with Crippen molar-refractivity contribution in [2.75, 3.05) is 33.4 Å². The zero-order chi connectivity index (χ0) is 13.4. The van der Waals surface area contributed by atoms with Gasteiger partial charge in [0.2, 0.25) is 5.91 Å². The molecule has 0 saturated carbocycles. The van der Waals surface area contributed by atoms with Gasteiger partial charge in [-0.25, -0.2) is 0 Å². The molecule has 0 aliphatic carbocycles. The standard InChI is InChI=1S/C13H26N2O3/c1-13(17,5-7-18-2)10-15-12(16)8-11-4-3-6-14-9-11/h11,14,17H,3-10H2,1-2H3,(H,15,16). The van der Waals surface area contributed by atoms with Gasteiger partial charge in [0, 0.05) is 33.1 Å². The van der Waals surface area contributed by atoms with E-state index in [1.165, 1.54) is 0 Å². The highest BCUT2D eigenvalue weighted by atomic mass is 16.5. The maximum absolute atomic E-state index is 11.8. The van der Waals surface area contributed by atoms with Gasteiger partial charge < -0.3 is 20.5 Å². The first-order valence-corrected chi connectivity index (χ1v) is 6.72. The minimum atomic E-state index is -0.892. The van der Waals surface area contributed by atoms with Crippen LogP contribution in [-0.4, -0.2) is 50.0 Å². The molecule has 18 heavy (non-hydrogen) atoms. The summed E-state index contributed by atoms with van der Waals surface area (Å²) >= 11 is 0. The first-order chi connectivity index (χ1) is 8.53. The van der Waals surface area contributed by atoms with E-state index < -0.39 is 5.60 Å². The largest absolute Gasteiger partial charge is 0.388 e. The average molecular weight is 258 g/mol. The summed E-state index contributed by atoms with van der Waals surface area (Å²) in [5.74, 6) is 0.462. The summed E-state index contributed by atoms with van der Waals surface area (Å²) in [7, 11) is 1.60. The first kappa shape index (κ1) is 15.4. The summed E-state index contributed by atoms with van der Waals surface area (Å²) < 4.78 is 4.93. The fourth-order valence-electron chi connectivity index (χ4n) is 2.13. The van der Waals surface area contributed by atoms with Crippen molar-refractivity contribution in [1.82, 2.24) is 10.6 Å². The highest BCUT2D eigenvalue weighted by molar-refractivity contribution is 5.76. The van der Waals surface area contributed by atoms with Gasteiger partial charge in [-0.2, -0.15) is 0 Å². The lowest BCUT2D eigenvalue weighted by atomic mass is 9.95. The van der Waals surface area contributed by atoms with Gasteiger partial charge in [0.05, 0.1) is 5.60 Å². The van der Waals surface area contributed by atoms with E-state index in [0.29, 0.717) is 25.4 Å².